The second-order valence-corrected chi connectivity index (χ2v) is 9.64. The van der Waals surface area contributed by atoms with E-state index in [2.05, 4.69) is 15.1 Å². The van der Waals surface area contributed by atoms with E-state index in [0.29, 0.717) is 24.4 Å². The normalized spacial score (nSPS) is 21.8. The van der Waals surface area contributed by atoms with Gasteiger partial charge in [0.2, 0.25) is 5.91 Å². The number of nitrogens with one attached hydrogen (secondary N) is 1. The lowest BCUT2D eigenvalue weighted by Crippen LogP contribution is -2.55. The van der Waals surface area contributed by atoms with Crippen LogP contribution in [0.15, 0.2) is 54.6 Å². The summed E-state index contributed by atoms with van der Waals surface area (Å²) in [6.07, 6.45) is 4.84. The molecule has 1 saturated carbocycles. The number of nitrogens with zero attached hydrogens (tertiary/aromatic N) is 3. The minimum atomic E-state index is -0.108. The van der Waals surface area contributed by atoms with Crippen molar-refractivity contribution >= 4 is 11.8 Å². The maximum atomic E-state index is 12.8. The largest absolute Gasteiger partial charge is 0.457 e. The number of amides is 2. The van der Waals surface area contributed by atoms with Crippen molar-refractivity contribution in [1.29, 1.82) is 0 Å². The molecule has 7 nitrogen and oxygen atoms in total. The molecule has 3 aliphatic rings. The molecule has 1 N–H and O–H groups in total. The molecular weight excluding hydrogens is 428 g/mol. The van der Waals surface area contributed by atoms with Crippen molar-refractivity contribution < 1.29 is 14.3 Å². The molecule has 34 heavy (non-hydrogen) atoms. The average molecular weight is 463 g/mol. The van der Waals surface area contributed by atoms with E-state index in [-0.39, 0.29) is 17.9 Å². The van der Waals surface area contributed by atoms with Crippen molar-refractivity contribution in [2.45, 2.75) is 37.8 Å². The molecule has 0 aromatic heterocycles. The summed E-state index contributed by atoms with van der Waals surface area (Å²) in [4.78, 5) is 32.4. The SMILES string of the molecule is O=C(NC1CCN(CC(=O)N2CCN(C3CCC3)CC2)C1)c1cccc(Oc2ccccc2)c1. The molecule has 0 radical (unpaired) electrons. The molecule has 1 aliphatic carbocycles. The van der Waals surface area contributed by atoms with Crippen LogP contribution in [0.5, 0.6) is 11.5 Å². The molecule has 3 fully saturated rings. The first-order valence-electron chi connectivity index (χ1n) is 12.5. The van der Waals surface area contributed by atoms with Gasteiger partial charge in [-0.3, -0.25) is 19.4 Å². The Morgan fingerprint density at radius 1 is 0.882 bits per heavy atom. The van der Waals surface area contributed by atoms with Crippen LogP contribution < -0.4 is 10.1 Å². The molecule has 2 aliphatic heterocycles. The van der Waals surface area contributed by atoms with Gasteiger partial charge in [0.05, 0.1) is 6.54 Å². The van der Waals surface area contributed by atoms with Crippen LogP contribution in [0.4, 0.5) is 0 Å². The summed E-state index contributed by atoms with van der Waals surface area (Å²) in [5.74, 6) is 1.48. The minimum absolute atomic E-state index is 0.0504. The van der Waals surface area contributed by atoms with Gasteiger partial charge in [-0.25, -0.2) is 0 Å². The highest BCUT2D eigenvalue weighted by Gasteiger charge is 2.31. The number of hydrogen-bond donors (Lipinski definition) is 1. The number of ether oxygens (including phenoxy) is 1. The Morgan fingerprint density at radius 2 is 1.65 bits per heavy atom. The number of carbonyl (C=O) groups is 2. The molecule has 2 heterocycles. The van der Waals surface area contributed by atoms with Crippen molar-refractivity contribution in [2.24, 2.45) is 0 Å². The fourth-order valence-corrected chi connectivity index (χ4v) is 5.07. The van der Waals surface area contributed by atoms with Crippen LogP contribution in [0.1, 0.15) is 36.0 Å². The van der Waals surface area contributed by atoms with Crippen molar-refractivity contribution in [2.75, 3.05) is 45.8 Å². The molecule has 2 amide bonds. The zero-order valence-corrected chi connectivity index (χ0v) is 19.7. The molecule has 2 saturated heterocycles. The third-order valence-electron chi connectivity index (χ3n) is 7.30. The Balaban J connectivity index is 1.07. The Morgan fingerprint density at radius 3 is 2.38 bits per heavy atom. The summed E-state index contributed by atoms with van der Waals surface area (Å²) in [5.41, 5.74) is 0.576. The van der Waals surface area contributed by atoms with Gasteiger partial charge in [0.1, 0.15) is 11.5 Å². The Labute approximate surface area is 201 Å². The Hall–Kier alpha value is -2.90. The number of rotatable bonds is 7. The number of benzene rings is 2. The summed E-state index contributed by atoms with van der Waals surface area (Å²) in [7, 11) is 0. The van der Waals surface area contributed by atoms with Crippen molar-refractivity contribution in [3.8, 4) is 11.5 Å². The third-order valence-corrected chi connectivity index (χ3v) is 7.30. The molecule has 2 aromatic carbocycles. The van der Waals surface area contributed by atoms with Crippen LogP contribution in [0.25, 0.3) is 0 Å². The van der Waals surface area contributed by atoms with Gasteiger partial charge in [-0.1, -0.05) is 30.7 Å². The van der Waals surface area contributed by atoms with Crippen molar-refractivity contribution in [1.82, 2.24) is 20.0 Å². The minimum Gasteiger partial charge on any atom is -0.457 e. The highest BCUT2D eigenvalue weighted by Crippen LogP contribution is 2.26. The molecule has 0 spiro atoms. The van der Waals surface area contributed by atoms with Gasteiger partial charge in [0.25, 0.3) is 5.91 Å². The van der Waals surface area contributed by atoms with E-state index >= 15 is 0 Å². The second-order valence-electron chi connectivity index (χ2n) is 9.64. The predicted octanol–water partition coefficient (Wildman–Crippen LogP) is 2.98. The van der Waals surface area contributed by atoms with E-state index in [0.717, 1.165) is 50.9 Å². The topological polar surface area (TPSA) is 65.1 Å². The number of hydrogen-bond acceptors (Lipinski definition) is 5. The van der Waals surface area contributed by atoms with E-state index in [4.69, 9.17) is 4.74 Å². The highest BCUT2D eigenvalue weighted by atomic mass is 16.5. The lowest BCUT2D eigenvalue weighted by molar-refractivity contribution is -0.134. The first-order valence-corrected chi connectivity index (χ1v) is 12.5. The standard InChI is InChI=1S/C27H34N4O3/c32-26(31-16-14-30(15-17-31)23-7-5-8-23)20-29-13-12-22(19-29)28-27(33)21-6-4-11-25(18-21)34-24-9-2-1-3-10-24/h1-4,6,9-11,18,22-23H,5,7-8,12-17,19-20H2,(H,28,33). The predicted molar refractivity (Wildman–Crippen MR) is 131 cm³/mol. The molecular formula is C27H34N4O3. The number of piperazine rings is 1. The first-order chi connectivity index (χ1) is 16.6. The van der Waals surface area contributed by atoms with E-state index < -0.39 is 0 Å². The Kier molecular flexibility index (Phi) is 7.11. The number of likely N-dealkylation sites (tertiary alicyclic amines) is 1. The van der Waals surface area contributed by atoms with Gasteiger partial charge >= 0.3 is 0 Å². The average Bonchev–Trinajstić information content (AvgIpc) is 3.26. The third kappa shape index (κ3) is 5.59. The quantitative estimate of drug-likeness (QED) is 0.685. The molecule has 1 unspecified atom stereocenters. The second kappa shape index (κ2) is 10.6. The maximum Gasteiger partial charge on any atom is 0.251 e. The molecule has 180 valence electrons. The number of carbonyl (C=O) groups excluding carboxylic acids is 2. The summed E-state index contributed by atoms with van der Waals surface area (Å²) in [6, 6.07) is 17.6. The van der Waals surface area contributed by atoms with E-state index in [9.17, 15) is 9.59 Å². The van der Waals surface area contributed by atoms with Gasteiger partial charge in [-0.2, -0.15) is 0 Å². The van der Waals surface area contributed by atoms with Crippen LogP contribution in [0.2, 0.25) is 0 Å². The zero-order chi connectivity index (χ0) is 23.3. The monoisotopic (exact) mass is 462 g/mol. The smallest absolute Gasteiger partial charge is 0.251 e. The van der Waals surface area contributed by atoms with E-state index in [1.165, 1.54) is 19.3 Å². The van der Waals surface area contributed by atoms with Crippen LogP contribution in [0, 0.1) is 0 Å². The maximum absolute atomic E-state index is 12.8. The van der Waals surface area contributed by atoms with Crippen molar-refractivity contribution in [3.05, 3.63) is 60.2 Å². The lowest BCUT2D eigenvalue weighted by Gasteiger charge is -2.43. The van der Waals surface area contributed by atoms with Gasteiger partial charge in [0.15, 0.2) is 0 Å². The van der Waals surface area contributed by atoms with Crippen molar-refractivity contribution in [3.63, 3.8) is 0 Å². The summed E-state index contributed by atoms with van der Waals surface area (Å²) < 4.78 is 5.85. The van der Waals surface area contributed by atoms with Gasteiger partial charge in [-0.15, -0.1) is 0 Å². The van der Waals surface area contributed by atoms with Crippen LogP contribution in [0.3, 0.4) is 0 Å². The van der Waals surface area contributed by atoms with E-state index in [1.54, 1.807) is 12.1 Å². The fraction of sp³-hybridized carbons (Fsp3) is 0.481. The zero-order valence-electron chi connectivity index (χ0n) is 19.7. The first kappa shape index (κ1) is 22.9. The summed E-state index contributed by atoms with van der Waals surface area (Å²) in [6.45, 7) is 5.66. The summed E-state index contributed by atoms with van der Waals surface area (Å²) in [5, 5.41) is 3.13. The highest BCUT2D eigenvalue weighted by molar-refractivity contribution is 5.94. The van der Waals surface area contributed by atoms with Crippen LogP contribution >= 0.6 is 0 Å². The molecule has 5 rings (SSSR count). The van der Waals surface area contributed by atoms with E-state index in [1.807, 2.05) is 47.4 Å². The molecule has 2 aromatic rings. The lowest BCUT2D eigenvalue weighted by atomic mass is 9.91. The van der Waals surface area contributed by atoms with Gasteiger partial charge in [0, 0.05) is 56.9 Å². The fourth-order valence-electron chi connectivity index (χ4n) is 5.07. The summed E-state index contributed by atoms with van der Waals surface area (Å²) >= 11 is 0. The van der Waals surface area contributed by atoms with Crippen LogP contribution in [-0.4, -0.2) is 84.4 Å². The molecule has 7 heteroatoms. The number of para-hydroxylation sites is 1. The van der Waals surface area contributed by atoms with Crippen LogP contribution in [-0.2, 0) is 4.79 Å². The van der Waals surface area contributed by atoms with Gasteiger partial charge in [-0.05, 0) is 49.6 Å². The molecule has 1 atom stereocenters. The molecule has 0 bridgehead atoms. The Bertz CT molecular complexity index is 986. The van der Waals surface area contributed by atoms with Gasteiger partial charge < -0.3 is 15.0 Å².